The van der Waals surface area contributed by atoms with E-state index in [9.17, 15) is 5.11 Å². The molecule has 1 aromatic heterocycles. The first kappa shape index (κ1) is 16.7. The highest BCUT2D eigenvalue weighted by atomic mass is 35.5. The van der Waals surface area contributed by atoms with E-state index >= 15 is 0 Å². The Kier molecular flexibility index (Phi) is 6.48. The topological polar surface area (TPSA) is 41.5 Å². The molecule has 0 aliphatic heterocycles. The van der Waals surface area contributed by atoms with Crippen molar-refractivity contribution in [2.24, 2.45) is 0 Å². The van der Waals surface area contributed by atoms with Crippen molar-refractivity contribution >= 4 is 23.7 Å². The van der Waals surface area contributed by atoms with Gasteiger partial charge in [-0.3, -0.25) is 0 Å². The fourth-order valence-corrected chi connectivity index (χ4v) is 2.44. The van der Waals surface area contributed by atoms with Gasteiger partial charge in [-0.2, -0.15) is 0 Å². The van der Waals surface area contributed by atoms with Crippen LogP contribution < -0.4 is 10.1 Å². The van der Waals surface area contributed by atoms with Crippen LogP contribution in [0.5, 0.6) is 5.75 Å². The molecule has 0 saturated heterocycles. The van der Waals surface area contributed by atoms with E-state index in [1.165, 1.54) is 0 Å². The van der Waals surface area contributed by atoms with Crippen molar-refractivity contribution in [1.82, 2.24) is 5.32 Å². The maximum Gasteiger partial charge on any atom is 0.138 e. The number of methoxy groups -OCH3 is 1. The standard InChI is InChI=1S/C12H21NO2S.ClH/c1-8-7-16-11(10(8)15-5)9(14)6-13-12(2,3)4;/h7,9,13-14H,6H2,1-5H3;1H. The molecule has 0 spiro atoms. The Bertz CT molecular complexity index is 347. The van der Waals surface area contributed by atoms with Crippen LogP contribution in [-0.4, -0.2) is 24.3 Å². The Morgan fingerprint density at radius 2 is 2.06 bits per heavy atom. The minimum absolute atomic E-state index is 0. The fraction of sp³-hybridized carbons (Fsp3) is 0.667. The summed E-state index contributed by atoms with van der Waals surface area (Å²) < 4.78 is 5.29. The second kappa shape index (κ2) is 6.59. The lowest BCUT2D eigenvalue weighted by Gasteiger charge is -2.22. The van der Waals surface area contributed by atoms with Gasteiger partial charge in [0.1, 0.15) is 11.9 Å². The van der Waals surface area contributed by atoms with Crippen molar-refractivity contribution in [3.8, 4) is 5.75 Å². The van der Waals surface area contributed by atoms with E-state index in [0.717, 1.165) is 16.2 Å². The molecular formula is C12H22ClNO2S. The van der Waals surface area contributed by atoms with Gasteiger partial charge < -0.3 is 15.2 Å². The monoisotopic (exact) mass is 279 g/mol. The lowest BCUT2D eigenvalue weighted by molar-refractivity contribution is 0.163. The molecule has 0 aromatic carbocycles. The number of halogens is 1. The molecule has 0 amide bonds. The molecule has 3 nitrogen and oxygen atoms in total. The number of hydrogen-bond acceptors (Lipinski definition) is 4. The number of β-amino-alcohol motifs (C(OH)–C–C–N with tert-alkyl or cyclic N) is 1. The molecular weight excluding hydrogens is 258 g/mol. The largest absolute Gasteiger partial charge is 0.495 e. The predicted molar refractivity (Wildman–Crippen MR) is 75.6 cm³/mol. The van der Waals surface area contributed by atoms with Crippen LogP contribution >= 0.6 is 23.7 Å². The number of hydrogen-bond donors (Lipinski definition) is 2. The van der Waals surface area contributed by atoms with Crippen molar-refractivity contribution in [2.75, 3.05) is 13.7 Å². The molecule has 0 aliphatic rings. The molecule has 100 valence electrons. The van der Waals surface area contributed by atoms with Gasteiger partial charge in [0.25, 0.3) is 0 Å². The Hall–Kier alpha value is -0.290. The van der Waals surface area contributed by atoms with Crippen molar-refractivity contribution in [3.63, 3.8) is 0 Å². The summed E-state index contributed by atoms with van der Waals surface area (Å²) in [5.41, 5.74) is 1.10. The molecule has 5 heteroatoms. The first-order chi connectivity index (χ1) is 7.35. The molecule has 2 N–H and O–H groups in total. The lowest BCUT2D eigenvalue weighted by Crippen LogP contribution is -2.38. The number of rotatable bonds is 4. The number of aliphatic hydroxyl groups is 1. The smallest absolute Gasteiger partial charge is 0.138 e. The van der Waals surface area contributed by atoms with Gasteiger partial charge in [0, 0.05) is 17.6 Å². The van der Waals surface area contributed by atoms with Gasteiger partial charge in [-0.05, 0) is 33.1 Å². The maximum atomic E-state index is 10.1. The third-order valence-corrected chi connectivity index (χ3v) is 3.46. The molecule has 1 atom stereocenters. The molecule has 0 bridgehead atoms. The van der Waals surface area contributed by atoms with Gasteiger partial charge in [0.05, 0.1) is 12.0 Å². The Labute approximate surface area is 114 Å². The van der Waals surface area contributed by atoms with Crippen LogP contribution in [0.15, 0.2) is 5.38 Å². The van der Waals surface area contributed by atoms with Crippen molar-refractivity contribution < 1.29 is 9.84 Å². The molecule has 0 radical (unpaired) electrons. The number of ether oxygens (including phenoxy) is 1. The quantitative estimate of drug-likeness (QED) is 0.890. The Morgan fingerprint density at radius 3 is 2.53 bits per heavy atom. The summed E-state index contributed by atoms with van der Waals surface area (Å²) in [5.74, 6) is 0.813. The first-order valence-corrected chi connectivity index (χ1v) is 6.28. The Morgan fingerprint density at radius 1 is 1.47 bits per heavy atom. The summed E-state index contributed by atoms with van der Waals surface area (Å²) in [4.78, 5) is 0.900. The van der Waals surface area contributed by atoms with Gasteiger partial charge >= 0.3 is 0 Å². The number of nitrogens with one attached hydrogen (secondary N) is 1. The first-order valence-electron chi connectivity index (χ1n) is 5.40. The van der Waals surface area contributed by atoms with Crippen LogP contribution in [0.2, 0.25) is 0 Å². The van der Waals surface area contributed by atoms with Crippen molar-refractivity contribution in [3.05, 3.63) is 15.8 Å². The minimum Gasteiger partial charge on any atom is -0.495 e. The van der Waals surface area contributed by atoms with Crippen LogP contribution in [0.1, 0.15) is 37.3 Å². The SMILES string of the molecule is COc1c(C)csc1C(O)CNC(C)(C)C.Cl. The molecule has 1 heterocycles. The van der Waals surface area contributed by atoms with Gasteiger partial charge in [0.2, 0.25) is 0 Å². The molecule has 0 aliphatic carbocycles. The van der Waals surface area contributed by atoms with Crippen LogP contribution in [-0.2, 0) is 0 Å². The number of aliphatic hydroxyl groups excluding tert-OH is 1. The zero-order valence-corrected chi connectivity index (χ0v) is 12.7. The second-order valence-corrected chi connectivity index (χ2v) is 5.87. The van der Waals surface area contributed by atoms with Crippen LogP contribution in [0.3, 0.4) is 0 Å². The van der Waals surface area contributed by atoms with E-state index < -0.39 is 6.10 Å². The van der Waals surface area contributed by atoms with Gasteiger partial charge in [-0.1, -0.05) is 0 Å². The highest BCUT2D eigenvalue weighted by Crippen LogP contribution is 2.34. The number of aryl methyl sites for hydroxylation is 1. The van der Waals surface area contributed by atoms with Gasteiger partial charge in [-0.25, -0.2) is 0 Å². The molecule has 17 heavy (non-hydrogen) atoms. The zero-order chi connectivity index (χ0) is 12.3. The van der Waals surface area contributed by atoms with Crippen LogP contribution in [0.4, 0.5) is 0 Å². The van der Waals surface area contributed by atoms with Gasteiger partial charge in [0.15, 0.2) is 0 Å². The molecule has 0 saturated carbocycles. The summed E-state index contributed by atoms with van der Waals surface area (Å²) in [7, 11) is 1.64. The van der Waals surface area contributed by atoms with Crippen molar-refractivity contribution in [2.45, 2.75) is 39.3 Å². The average molecular weight is 280 g/mol. The van der Waals surface area contributed by atoms with E-state index in [1.54, 1.807) is 18.4 Å². The summed E-state index contributed by atoms with van der Waals surface area (Å²) in [5, 5.41) is 15.4. The summed E-state index contributed by atoms with van der Waals surface area (Å²) in [6, 6.07) is 0. The highest BCUT2D eigenvalue weighted by molar-refractivity contribution is 7.10. The van der Waals surface area contributed by atoms with Crippen molar-refractivity contribution in [1.29, 1.82) is 0 Å². The third-order valence-electron chi connectivity index (χ3n) is 2.28. The lowest BCUT2D eigenvalue weighted by atomic mass is 10.1. The van der Waals surface area contributed by atoms with E-state index in [2.05, 4.69) is 26.1 Å². The molecule has 1 rings (SSSR count). The van der Waals surface area contributed by atoms with E-state index in [1.807, 2.05) is 12.3 Å². The van der Waals surface area contributed by atoms with Crippen LogP contribution in [0, 0.1) is 6.92 Å². The third kappa shape index (κ3) is 4.84. The summed E-state index contributed by atoms with van der Waals surface area (Å²) in [6.45, 7) is 8.77. The highest BCUT2D eigenvalue weighted by Gasteiger charge is 2.19. The average Bonchev–Trinajstić information content (AvgIpc) is 2.54. The zero-order valence-electron chi connectivity index (χ0n) is 11.0. The van der Waals surface area contributed by atoms with E-state index in [-0.39, 0.29) is 17.9 Å². The summed E-state index contributed by atoms with van der Waals surface area (Å²) >= 11 is 1.54. The minimum atomic E-state index is -0.507. The molecule has 1 aromatic rings. The Balaban J connectivity index is 0.00000256. The number of thiophene rings is 1. The fourth-order valence-electron chi connectivity index (χ4n) is 1.44. The maximum absolute atomic E-state index is 10.1. The predicted octanol–water partition coefficient (Wildman–Crippen LogP) is 2.91. The van der Waals surface area contributed by atoms with Gasteiger partial charge in [-0.15, -0.1) is 23.7 Å². The molecule has 0 fully saturated rings. The summed E-state index contributed by atoms with van der Waals surface area (Å²) in [6.07, 6.45) is -0.507. The van der Waals surface area contributed by atoms with E-state index in [0.29, 0.717) is 6.54 Å². The van der Waals surface area contributed by atoms with E-state index in [4.69, 9.17) is 4.74 Å². The van der Waals surface area contributed by atoms with Crippen LogP contribution in [0.25, 0.3) is 0 Å². The molecule has 1 unspecified atom stereocenters. The normalized spacial score (nSPS) is 13.1. The second-order valence-electron chi connectivity index (χ2n) is 4.96.